The lowest BCUT2D eigenvalue weighted by molar-refractivity contribution is -0.137. The van der Waals surface area contributed by atoms with Gasteiger partial charge in [-0.15, -0.1) is 0 Å². The van der Waals surface area contributed by atoms with Crippen LogP contribution >= 0.6 is 0 Å². The minimum atomic E-state index is -4.52. The van der Waals surface area contributed by atoms with Crippen molar-refractivity contribution in [2.45, 2.75) is 32.4 Å². The zero-order chi connectivity index (χ0) is 14.9. The van der Waals surface area contributed by atoms with Crippen LogP contribution in [0.1, 0.15) is 42.1 Å². The van der Waals surface area contributed by atoms with Crippen molar-refractivity contribution >= 4 is 17.4 Å². The van der Waals surface area contributed by atoms with Gasteiger partial charge in [0.1, 0.15) is 0 Å². The Balaban J connectivity index is 2.32. The third-order valence-corrected chi connectivity index (χ3v) is 3.28. The normalized spacial score (nSPS) is 14.9. The van der Waals surface area contributed by atoms with Crippen LogP contribution in [0.2, 0.25) is 0 Å². The molecule has 0 spiro atoms. The van der Waals surface area contributed by atoms with Crippen molar-refractivity contribution in [3.63, 3.8) is 0 Å². The number of carbonyl (C=O) groups excluding carboxylic acids is 2. The molecule has 0 fully saturated rings. The topological polar surface area (TPSA) is 37.4 Å². The number of rotatable bonds is 4. The van der Waals surface area contributed by atoms with Gasteiger partial charge in [0.25, 0.3) is 11.7 Å². The van der Waals surface area contributed by atoms with Gasteiger partial charge in [-0.2, -0.15) is 13.2 Å². The van der Waals surface area contributed by atoms with Gasteiger partial charge < -0.3 is 4.90 Å². The van der Waals surface area contributed by atoms with Gasteiger partial charge in [0, 0.05) is 6.54 Å². The van der Waals surface area contributed by atoms with E-state index in [-0.39, 0.29) is 11.3 Å². The standard InChI is InChI=1S/C14H14F3NO2/c1-2-3-4-7-18-11-6-5-9(14(15,16)17)8-10(11)12(19)13(18)20/h5-6,8H,2-4,7H2,1H3. The average molecular weight is 285 g/mol. The predicted octanol–water partition coefficient (Wildman–Crippen LogP) is 3.42. The van der Waals surface area contributed by atoms with Gasteiger partial charge in [0.2, 0.25) is 0 Å². The van der Waals surface area contributed by atoms with Gasteiger partial charge in [-0.05, 0) is 24.6 Å². The molecule has 0 bridgehead atoms. The number of unbranched alkanes of at least 4 members (excludes halogenated alkanes) is 2. The lowest BCUT2D eigenvalue weighted by atomic mass is 10.1. The smallest absolute Gasteiger partial charge is 0.305 e. The SMILES string of the molecule is CCCCCN1C(=O)C(=O)c2cc(C(F)(F)F)ccc21. The summed E-state index contributed by atoms with van der Waals surface area (Å²) in [7, 11) is 0. The molecule has 0 unspecified atom stereocenters. The maximum absolute atomic E-state index is 12.6. The van der Waals surface area contributed by atoms with E-state index in [0.29, 0.717) is 6.54 Å². The van der Waals surface area contributed by atoms with E-state index in [1.165, 1.54) is 11.0 Å². The molecular formula is C14H14F3NO2. The Bertz CT molecular complexity index is 552. The maximum Gasteiger partial charge on any atom is 0.416 e. The van der Waals surface area contributed by atoms with E-state index in [1.54, 1.807) is 0 Å². The quantitative estimate of drug-likeness (QED) is 0.628. The summed E-state index contributed by atoms with van der Waals surface area (Å²) in [4.78, 5) is 24.8. The van der Waals surface area contributed by atoms with E-state index in [9.17, 15) is 22.8 Å². The maximum atomic E-state index is 12.6. The Labute approximate surface area is 114 Å². The number of alkyl halides is 3. The van der Waals surface area contributed by atoms with Gasteiger partial charge in [0.05, 0.1) is 16.8 Å². The second-order valence-corrected chi connectivity index (χ2v) is 4.72. The minimum Gasteiger partial charge on any atom is -0.305 e. The fourth-order valence-corrected chi connectivity index (χ4v) is 2.22. The minimum absolute atomic E-state index is 0.152. The van der Waals surface area contributed by atoms with Crippen LogP contribution in [0.15, 0.2) is 18.2 Å². The van der Waals surface area contributed by atoms with Gasteiger partial charge in [0.15, 0.2) is 0 Å². The van der Waals surface area contributed by atoms with Gasteiger partial charge in [-0.25, -0.2) is 0 Å². The molecule has 2 rings (SSSR count). The number of halogens is 3. The number of hydrogen-bond donors (Lipinski definition) is 0. The predicted molar refractivity (Wildman–Crippen MR) is 67.7 cm³/mol. The van der Waals surface area contributed by atoms with Crippen molar-refractivity contribution < 1.29 is 22.8 Å². The molecule has 20 heavy (non-hydrogen) atoms. The first-order valence-corrected chi connectivity index (χ1v) is 6.43. The molecule has 0 saturated heterocycles. The highest BCUT2D eigenvalue weighted by Gasteiger charge is 2.38. The monoisotopic (exact) mass is 285 g/mol. The summed E-state index contributed by atoms with van der Waals surface area (Å²) in [5.74, 6) is -1.60. The summed E-state index contributed by atoms with van der Waals surface area (Å²) in [5.41, 5.74) is -0.779. The number of hydrogen-bond acceptors (Lipinski definition) is 2. The van der Waals surface area contributed by atoms with Crippen LogP contribution in [0, 0.1) is 0 Å². The number of anilines is 1. The molecular weight excluding hydrogens is 271 g/mol. The number of fused-ring (bicyclic) bond motifs is 1. The highest BCUT2D eigenvalue weighted by Crippen LogP contribution is 2.36. The first-order chi connectivity index (χ1) is 9.36. The lowest BCUT2D eigenvalue weighted by Gasteiger charge is -2.16. The van der Waals surface area contributed by atoms with Crippen molar-refractivity contribution in [1.82, 2.24) is 0 Å². The zero-order valence-electron chi connectivity index (χ0n) is 11.0. The van der Waals surface area contributed by atoms with E-state index in [0.717, 1.165) is 31.4 Å². The summed E-state index contributed by atoms with van der Waals surface area (Å²) in [6.45, 7) is 2.36. The van der Waals surface area contributed by atoms with E-state index in [4.69, 9.17) is 0 Å². The van der Waals surface area contributed by atoms with Crippen molar-refractivity contribution in [3.05, 3.63) is 29.3 Å². The third kappa shape index (κ3) is 2.55. The van der Waals surface area contributed by atoms with Crippen molar-refractivity contribution in [3.8, 4) is 0 Å². The molecule has 0 saturated carbocycles. The van der Waals surface area contributed by atoms with E-state index in [1.807, 2.05) is 6.92 Å². The Morgan fingerprint density at radius 3 is 2.45 bits per heavy atom. The second kappa shape index (κ2) is 5.26. The van der Waals surface area contributed by atoms with E-state index in [2.05, 4.69) is 0 Å². The number of ketones is 1. The fourth-order valence-electron chi connectivity index (χ4n) is 2.22. The molecule has 108 valence electrons. The summed E-state index contributed by atoms with van der Waals surface area (Å²) >= 11 is 0. The molecule has 6 heteroatoms. The van der Waals surface area contributed by atoms with Gasteiger partial charge >= 0.3 is 6.18 Å². The summed E-state index contributed by atoms with van der Waals surface area (Å²) in [6.07, 6.45) is -1.95. The third-order valence-electron chi connectivity index (χ3n) is 3.28. The Morgan fingerprint density at radius 2 is 1.85 bits per heavy atom. The molecule has 1 aliphatic rings. The van der Waals surface area contributed by atoms with Crippen LogP contribution in [-0.2, 0) is 11.0 Å². The zero-order valence-corrected chi connectivity index (χ0v) is 11.0. The number of carbonyl (C=O) groups is 2. The second-order valence-electron chi connectivity index (χ2n) is 4.72. The fraction of sp³-hybridized carbons (Fsp3) is 0.429. The Hall–Kier alpha value is -1.85. The molecule has 1 aliphatic heterocycles. The highest BCUT2D eigenvalue weighted by atomic mass is 19.4. The molecule has 1 heterocycles. The lowest BCUT2D eigenvalue weighted by Crippen LogP contribution is -2.30. The van der Waals surface area contributed by atoms with Crippen LogP contribution in [0.5, 0.6) is 0 Å². The number of Topliss-reactive ketones (excluding diaryl/α,β-unsaturated/α-hetero) is 1. The van der Waals surface area contributed by atoms with Crippen molar-refractivity contribution in [1.29, 1.82) is 0 Å². The Morgan fingerprint density at radius 1 is 1.15 bits per heavy atom. The van der Waals surface area contributed by atoms with Crippen molar-refractivity contribution in [2.24, 2.45) is 0 Å². The number of nitrogens with zero attached hydrogens (tertiary/aromatic N) is 1. The number of amides is 1. The van der Waals surface area contributed by atoms with Crippen LogP contribution in [0.3, 0.4) is 0 Å². The summed E-state index contributed by atoms with van der Waals surface area (Å²) < 4.78 is 37.8. The highest BCUT2D eigenvalue weighted by molar-refractivity contribution is 6.52. The van der Waals surface area contributed by atoms with Gasteiger partial charge in [-0.1, -0.05) is 19.8 Å². The molecule has 0 N–H and O–H groups in total. The van der Waals surface area contributed by atoms with E-state index < -0.39 is 23.4 Å². The molecule has 0 aromatic heterocycles. The van der Waals surface area contributed by atoms with Crippen LogP contribution < -0.4 is 4.90 Å². The first-order valence-electron chi connectivity index (χ1n) is 6.43. The molecule has 0 aliphatic carbocycles. The Kier molecular flexibility index (Phi) is 3.83. The molecule has 1 amide bonds. The number of benzene rings is 1. The van der Waals surface area contributed by atoms with E-state index >= 15 is 0 Å². The molecule has 1 aromatic rings. The van der Waals surface area contributed by atoms with Crippen molar-refractivity contribution in [2.75, 3.05) is 11.4 Å². The molecule has 1 aromatic carbocycles. The van der Waals surface area contributed by atoms with Crippen LogP contribution in [0.25, 0.3) is 0 Å². The largest absolute Gasteiger partial charge is 0.416 e. The summed E-state index contributed by atoms with van der Waals surface area (Å²) in [5, 5.41) is 0. The van der Waals surface area contributed by atoms with Gasteiger partial charge in [-0.3, -0.25) is 9.59 Å². The molecule has 0 atom stereocenters. The first kappa shape index (κ1) is 14.6. The van der Waals surface area contributed by atoms with Crippen LogP contribution in [0.4, 0.5) is 18.9 Å². The summed E-state index contributed by atoms with van der Waals surface area (Å²) in [6, 6.07) is 2.86. The molecule has 3 nitrogen and oxygen atoms in total. The molecule has 0 radical (unpaired) electrons. The van der Waals surface area contributed by atoms with Crippen LogP contribution in [-0.4, -0.2) is 18.2 Å². The average Bonchev–Trinajstić information content (AvgIpc) is 2.63.